The molecule has 19 heavy (non-hydrogen) atoms. The molecular formula is C15H26N2O2. The van der Waals surface area contributed by atoms with Gasteiger partial charge in [0.2, 0.25) is 0 Å². The Morgan fingerprint density at radius 3 is 2.68 bits per heavy atom. The molecular weight excluding hydrogens is 240 g/mol. The molecule has 4 heteroatoms. The average molecular weight is 266 g/mol. The Labute approximate surface area is 115 Å². The highest BCUT2D eigenvalue weighted by atomic mass is 16.3. The predicted octanol–water partition coefficient (Wildman–Crippen LogP) is 2.91. The summed E-state index contributed by atoms with van der Waals surface area (Å²) in [5.74, 6) is 0.424. The number of hydrogen-bond acceptors (Lipinski definition) is 3. The summed E-state index contributed by atoms with van der Waals surface area (Å²) in [7, 11) is 0. The Kier molecular flexibility index (Phi) is 4.72. The second-order valence-corrected chi connectivity index (χ2v) is 5.98. The molecule has 0 aromatic heterocycles. The first kappa shape index (κ1) is 14.2. The van der Waals surface area contributed by atoms with E-state index in [9.17, 15) is 9.90 Å². The van der Waals surface area contributed by atoms with Crippen LogP contribution in [0.15, 0.2) is 12.0 Å². The lowest BCUT2D eigenvalue weighted by molar-refractivity contribution is -0.138. The molecule has 2 rings (SSSR count). The molecule has 1 unspecified atom stereocenters. The zero-order valence-electron chi connectivity index (χ0n) is 12.1. The molecule has 0 spiro atoms. The van der Waals surface area contributed by atoms with Crippen LogP contribution in [0, 0.1) is 5.92 Å². The number of carbonyl (C=O) groups is 1. The number of carbonyl (C=O) groups excluding carboxylic acids is 1. The van der Waals surface area contributed by atoms with Crippen LogP contribution in [0.3, 0.4) is 0 Å². The monoisotopic (exact) mass is 266 g/mol. The van der Waals surface area contributed by atoms with Gasteiger partial charge in [-0.25, -0.2) is 0 Å². The summed E-state index contributed by atoms with van der Waals surface area (Å²) in [6.07, 6.45) is 9.18. The molecule has 0 bridgehead atoms. The van der Waals surface area contributed by atoms with Crippen molar-refractivity contribution in [3.05, 3.63) is 12.0 Å². The lowest BCUT2D eigenvalue weighted by Gasteiger charge is -2.42. The van der Waals surface area contributed by atoms with Gasteiger partial charge < -0.3 is 15.3 Å². The van der Waals surface area contributed by atoms with Gasteiger partial charge in [0, 0.05) is 12.2 Å². The van der Waals surface area contributed by atoms with E-state index in [1.54, 1.807) is 0 Å². The van der Waals surface area contributed by atoms with Crippen molar-refractivity contribution in [2.75, 3.05) is 0 Å². The van der Waals surface area contributed by atoms with Crippen molar-refractivity contribution < 1.29 is 9.90 Å². The van der Waals surface area contributed by atoms with E-state index in [-0.39, 0.29) is 23.9 Å². The van der Waals surface area contributed by atoms with Crippen molar-refractivity contribution in [3.63, 3.8) is 0 Å². The highest BCUT2D eigenvalue weighted by molar-refractivity contribution is 5.92. The lowest BCUT2D eigenvalue weighted by Crippen LogP contribution is -2.56. The van der Waals surface area contributed by atoms with Crippen molar-refractivity contribution in [2.45, 2.75) is 71.0 Å². The van der Waals surface area contributed by atoms with Crippen molar-refractivity contribution in [3.8, 4) is 0 Å². The topological polar surface area (TPSA) is 52.6 Å². The molecule has 2 aliphatic rings. The van der Waals surface area contributed by atoms with Crippen LogP contribution in [0.1, 0.15) is 58.8 Å². The number of nitrogens with zero attached hydrogens (tertiary/aromatic N) is 1. The van der Waals surface area contributed by atoms with Gasteiger partial charge >= 0.3 is 0 Å². The average Bonchev–Trinajstić information content (AvgIpc) is 2.41. The molecule has 1 aliphatic carbocycles. The zero-order chi connectivity index (χ0) is 13.8. The van der Waals surface area contributed by atoms with Crippen molar-refractivity contribution in [1.29, 1.82) is 0 Å². The van der Waals surface area contributed by atoms with Gasteiger partial charge in [0.1, 0.15) is 6.17 Å². The van der Waals surface area contributed by atoms with Gasteiger partial charge in [-0.2, -0.15) is 0 Å². The van der Waals surface area contributed by atoms with Crippen LogP contribution in [-0.2, 0) is 4.79 Å². The van der Waals surface area contributed by atoms with Gasteiger partial charge in [0.15, 0.2) is 5.76 Å². The van der Waals surface area contributed by atoms with Crippen LogP contribution in [0.5, 0.6) is 0 Å². The minimum atomic E-state index is -0.195. The minimum absolute atomic E-state index is 0.0572. The number of unbranched alkanes of at least 4 members (excludes halogenated alkanes) is 1. The summed E-state index contributed by atoms with van der Waals surface area (Å²) in [5.41, 5.74) is 0. The molecule has 1 atom stereocenters. The van der Waals surface area contributed by atoms with E-state index in [1.807, 2.05) is 4.90 Å². The van der Waals surface area contributed by atoms with Gasteiger partial charge in [0.25, 0.3) is 5.91 Å². The fraction of sp³-hybridized carbons (Fsp3) is 0.800. The van der Waals surface area contributed by atoms with Gasteiger partial charge in [-0.05, 0) is 44.4 Å². The van der Waals surface area contributed by atoms with Gasteiger partial charge in [0.05, 0.1) is 0 Å². The molecule has 2 N–H and O–H groups in total. The normalized spacial score (nSPS) is 31.9. The molecule has 0 radical (unpaired) electrons. The first-order valence-corrected chi connectivity index (χ1v) is 7.61. The Hall–Kier alpha value is -1.19. The maximum absolute atomic E-state index is 12.2. The molecule has 0 aromatic carbocycles. The molecule has 0 aromatic rings. The van der Waals surface area contributed by atoms with Gasteiger partial charge in [-0.1, -0.05) is 20.3 Å². The minimum Gasteiger partial charge on any atom is -0.502 e. The van der Waals surface area contributed by atoms with E-state index in [0.29, 0.717) is 0 Å². The lowest BCUT2D eigenvalue weighted by atomic mass is 9.86. The standard InChI is InChI=1S/C15H26N2O2/c1-3-4-5-14-16-10-13(18)15(19)17(14)12-8-6-11(2)7-9-12/h10-12,14,16,18H,3-9H2,1-2H3. The van der Waals surface area contributed by atoms with E-state index in [4.69, 9.17) is 0 Å². The molecule has 1 amide bonds. The summed E-state index contributed by atoms with van der Waals surface area (Å²) in [5, 5.41) is 12.9. The molecule has 1 saturated carbocycles. The third kappa shape index (κ3) is 3.23. The van der Waals surface area contributed by atoms with Gasteiger partial charge in [-0.15, -0.1) is 0 Å². The van der Waals surface area contributed by atoms with Crippen LogP contribution >= 0.6 is 0 Å². The largest absolute Gasteiger partial charge is 0.502 e. The molecule has 0 saturated heterocycles. The molecule has 4 nitrogen and oxygen atoms in total. The second-order valence-electron chi connectivity index (χ2n) is 5.98. The first-order valence-electron chi connectivity index (χ1n) is 7.61. The summed E-state index contributed by atoms with van der Waals surface area (Å²) in [6, 6.07) is 0.286. The third-order valence-corrected chi connectivity index (χ3v) is 4.41. The Morgan fingerprint density at radius 2 is 2.05 bits per heavy atom. The van der Waals surface area contributed by atoms with E-state index < -0.39 is 0 Å². The van der Waals surface area contributed by atoms with Crippen molar-refractivity contribution >= 4 is 5.91 Å². The molecule has 108 valence electrons. The number of rotatable bonds is 4. The van der Waals surface area contributed by atoms with Crippen molar-refractivity contribution in [2.24, 2.45) is 5.92 Å². The number of aliphatic hydroxyl groups is 1. The highest BCUT2D eigenvalue weighted by Crippen LogP contribution is 2.30. The third-order valence-electron chi connectivity index (χ3n) is 4.41. The van der Waals surface area contributed by atoms with Crippen LogP contribution < -0.4 is 5.32 Å². The Balaban J connectivity index is 2.07. The van der Waals surface area contributed by atoms with Crippen LogP contribution in [0.4, 0.5) is 0 Å². The number of nitrogens with one attached hydrogen (secondary N) is 1. The number of hydrogen-bond donors (Lipinski definition) is 2. The fourth-order valence-corrected chi connectivity index (χ4v) is 3.15. The SMILES string of the molecule is CCCCC1NC=C(O)C(=O)N1C1CCC(C)CC1. The number of aliphatic hydroxyl groups excluding tert-OH is 1. The van der Waals surface area contributed by atoms with Crippen LogP contribution in [-0.4, -0.2) is 28.1 Å². The van der Waals surface area contributed by atoms with E-state index in [0.717, 1.165) is 38.0 Å². The smallest absolute Gasteiger partial charge is 0.292 e. The fourth-order valence-electron chi connectivity index (χ4n) is 3.15. The van der Waals surface area contributed by atoms with Crippen LogP contribution in [0.25, 0.3) is 0 Å². The first-order chi connectivity index (χ1) is 9.13. The maximum atomic E-state index is 12.2. The van der Waals surface area contributed by atoms with E-state index in [1.165, 1.54) is 19.0 Å². The summed E-state index contributed by atoms with van der Waals surface area (Å²) in [6.45, 7) is 4.43. The molecule has 1 fully saturated rings. The predicted molar refractivity (Wildman–Crippen MR) is 75.4 cm³/mol. The quantitative estimate of drug-likeness (QED) is 0.822. The second kappa shape index (κ2) is 6.31. The van der Waals surface area contributed by atoms with E-state index in [2.05, 4.69) is 19.2 Å². The van der Waals surface area contributed by atoms with E-state index >= 15 is 0 Å². The Bertz CT molecular complexity index is 346. The van der Waals surface area contributed by atoms with Gasteiger partial charge in [-0.3, -0.25) is 4.79 Å². The number of amides is 1. The molecule has 1 heterocycles. The van der Waals surface area contributed by atoms with Crippen molar-refractivity contribution in [1.82, 2.24) is 10.2 Å². The Morgan fingerprint density at radius 1 is 1.37 bits per heavy atom. The van der Waals surface area contributed by atoms with Crippen LogP contribution in [0.2, 0.25) is 0 Å². The zero-order valence-corrected chi connectivity index (χ0v) is 12.1. The maximum Gasteiger partial charge on any atom is 0.292 e. The summed E-state index contributed by atoms with van der Waals surface area (Å²) in [4.78, 5) is 14.1. The molecule has 1 aliphatic heterocycles. The summed E-state index contributed by atoms with van der Waals surface area (Å²) < 4.78 is 0. The summed E-state index contributed by atoms with van der Waals surface area (Å²) >= 11 is 0. The highest BCUT2D eigenvalue weighted by Gasteiger charge is 2.36.